The molecule has 14 nitrogen and oxygen atoms in total. The van der Waals surface area contributed by atoms with Crippen LogP contribution in [0.2, 0.25) is 0 Å². The summed E-state index contributed by atoms with van der Waals surface area (Å²) in [6.45, 7) is 0.0724. The molecule has 0 saturated carbocycles. The van der Waals surface area contributed by atoms with Crippen LogP contribution in [0.25, 0.3) is 5.65 Å². The van der Waals surface area contributed by atoms with Crippen LogP contribution in [0.3, 0.4) is 0 Å². The van der Waals surface area contributed by atoms with Gasteiger partial charge in [-0.25, -0.2) is 13.8 Å². The maximum atomic E-state index is 13.1. The summed E-state index contributed by atoms with van der Waals surface area (Å²) in [5, 5.41) is 15.8. The Bertz CT molecular complexity index is 1450. The second-order valence-corrected chi connectivity index (χ2v) is 9.83. The first kappa shape index (κ1) is 24.7. The Morgan fingerprint density at radius 2 is 2.22 bits per heavy atom. The summed E-state index contributed by atoms with van der Waals surface area (Å²) in [4.78, 5) is 48.4. The number of oxime groups is 1. The molecular weight excluding hydrogens is 524 g/mol. The van der Waals surface area contributed by atoms with E-state index < -0.39 is 29.2 Å². The van der Waals surface area contributed by atoms with Gasteiger partial charge in [-0.15, -0.1) is 11.8 Å². The van der Waals surface area contributed by atoms with Gasteiger partial charge in [0.05, 0.1) is 6.20 Å². The number of aliphatic carboxylic acids is 1. The number of nitrogen functional groups attached to an aromatic ring is 1. The van der Waals surface area contributed by atoms with Gasteiger partial charge in [-0.05, 0) is 6.07 Å². The number of carbonyl (C=O) groups excluding carboxylic acids is 2. The van der Waals surface area contributed by atoms with E-state index in [1.54, 1.807) is 0 Å². The molecular formula is C21H21N8O6S2+. The van der Waals surface area contributed by atoms with Gasteiger partial charge in [0.2, 0.25) is 18.3 Å². The van der Waals surface area contributed by atoms with Gasteiger partial charge in [-0.3, -0.25) is 14.5 Å². The average Bonchev–Trinajstić information content (AvgIpc) is 3.50. The zero-order valence-corrected chi connectivity index (χ0v) is 20.9. The first-order valence-electron chi connectivity index (χ1n) is 10.8. The van der Waals surface area contributed by atoms with Crippen LogP contribution in [0.15, 0.2) is 53.2 Å². The Kier molecular flexibility index (Phi) is 6.77. The zero-order chi connectivity index (χ0) is 26.1. The van der Waals surface area contributed by atoms with Gasteiger partial charge in [0.25, 0.3) is 17.5 Å². The van der Waals surface area contributed by atoms with Crippen molar-refractivity contribution < 1.29 is 33.6 Å². The molecule has 2 aliphatic rings. The molecule has 16 heteroatoms. The van der Waals surface area contributed by atoms with E-state index in [4.69, 9.17) is 15.3 Å². The lowest BCUT2D eigenvalue weighted by Crippen LogP contribution is -2.71. The highest BCUT2D eigenvalue weighted by atomic mass is 32.2. The van der Waals surface area contributed by atoms with E-state index >= 15 is 0 Å². The number of thioether (sulfide) groups is 1. The van der Waals surface area contributed by atoms with Crippen LogP contribution < -0.4 is 15.6 Å². The lowest BCUT2D eigenvalue weighted by molar-refractivity contribution is -0.662. The smallest absolute Gasteiger partial charge is 0.352 e. The number of anilines is 1. The van der Waals surface area contributed by atoms with Crippen LogP contribution in [-0.4, -0.2) is 78.3 Å². The second-order valence-electron chi connectivity index (χ2n) is 7.94. The monoisotopic (exact) mass is 545 g/mol. The molecule has 0 aliphatic carbocycles. The van der Waals surface area contributed by atoms with Crippen LogP contribution in [-0.2, 0) is 30.5 Å². The van der Waals surface area contributed by atoms with Crippen molar-refractivity contribution in [3.05, 3.63) is 53.9 Å². The van der Waals surface area contributed by atoms with Crippen LogP contribution in [0.1, 0.15) is 5.82 Å². The molecule has 5 heterocycles. The van der Waals surface area contributed by atoms with Crippen molar-refractivity contribution in [3.63, 3.8) is 0 Å². The predicted octanol–water partition coefficient (Wildman–Crippen LogP) is -0.576. The third-order valence-corrected chi connectivity index (χ3v) is 7.54. The highest BCUT2D eigenvalue weighted by molar-refractivity contribution is 8.00. The fourth-order valence-electron chi connectivity index (χ4n) is 4.06. The Labute approximate surface area is 217 Å². The molecule has 2 atom stereocenters. The largest absolute Gasteiger partial charge is 0.477 e. The molecule has 2 aliphatic heterocycles. The van der Waals surface area contributed by atoms with E-state index in [1.165, 1.54) is 23.8 Å². The van der Waals surface area contributed by atoms with Gasteiger partial charge in [-0.1, -0.05) is 11.2 Å². The molecule has 1 fully saturated rings. The number of hydrogen-bond donors (Lipinski definition) is 3. The van der Waals surface area contributed by atoms with Gasteiger partial charge >= 0.3 is 5.97 Å². The number of ether oxygens (including phenoxy) is 1. The summed E-state index contributed by atoms with van der Waals surface area (Å²) >= 11 is 2.23. The predicted molar refractivity (Wildman–Crippen MR) is 131 cm³/mol. The third kappa shape index (κ3) is 4.61. The number of fused-ring (bicyclic) bond motifs is 2. The van der Waals surface area contributed by atoms with E-state index in [1.807, 2.05) is 45.8 Å². The van der Waals surface area contributed by atoms with Gasteiger partial charge in [0, 0.05) is 36.0 Å². The topological polar surface area (TPSA) is 178 Å². The number of aromatic nitrogens is 4. The number of pyridine rings is 1. The molecule has 1 saturated heterocycles. The normalized spacial score (nSPS) is 19.5. The fraction of sp³-hybridized carbons (Fsp3) is 0.286. The molecule has 5 rings (SSSR count). The van der Waals surface area contributed by atoms with Crippen molar-refractivity contribution in [1.82, 2.24) is 24.0 Å². The number of carboxylic acids is 1. The zero-order valence-electron chi connectivity index (χ0n) is 19.3. The van der Waals surface area contributed by atoms with E-state index in [2.05, 4.69) is 19.8 Å². The summed E-state index contributed by atoms with van der Waals surface area (Å²) in [5.41, 5.74) is 6.73. The summed E-state index contributed by atoms with van der Waals surface area (Å²) in [6.07, 6.45) is 5.62. The maximum Gasteiger partial charge on any atom is 0.352 e. The number of rotatable bonds is 9. The van der Waals surface area contributed by atoms with Crippen molar-refractivity contribution in [2.24, 2.45) is 5.16 Å². The van der Waals surface area contributed by atoms with Crippen LogP contribution >= 0.6 is 23.3 Å². The number of hydrogen-bond acceptors (Lipinski definition) is 11. The SMILES string of the molecule is COCO/N=C(\C(=O)N[C@@H]1C(=O)N2C(C(=O)O)=C(C[n+]3ccn4ccccc43)CS[C@H]12)c1nsc(N)n1. The maximum absolute atomic E-state index is 13.1. The lowest BCUT2D eigenvalue weighted by Gasteiger charge is -2.49. The molecule has 4 N–H and O–H groups in total. The first-order chi connectivity index (χ1) is 17.9. The molecule has 37 heavy (non-hydrogen) atoms. The Morgan fingerprint density at radius 1 is 1.38 bits per heavy atom. The molecule has 0 radical (unpaired) electrons. The Balaban J connectivity index is 1.36. The molecule has 0 bridgehead atoms. The number of carbonyl (C=O) groups is 3. The highest BCUT2D eigenvalue weighted by Crippen LogP contribution is 2.40. The number of amides is 2. The fourth-order valence-corrected chi connectivity index (χ4v) is 5.83. The van der Waals surface area contributed by atoms with Crippen LogP contribution in [0.4, 0.5) is 5.13 Å². The molecule has 0 spiro atoms. The van der Waals surface area contributed by atoms with E-state index in [-0.39, 0.29) is 29.2 Å². The van der Waals surface area contributed by atoms with Crippen molar-refractivity contribution >= 4 is 57.6 Å². The first-order valence-corrected chi connectivity index (χ1v) is 12.7. The summed E-state index contributed by atoms with van der Waals surface area (Å²) < 4.78 is 12.6. The summed E-state index contributed by atoms with van der Waals surface area (Å²) in [7, 11) is 1.38. The van der Waals surface area contributed by atoms with Gasteiger partial charge in [0.1, 0.15) is 36.1 Å². The van der Waals surface area contributed by atoms with Gasteiger partial charge in [0.15, 0.2) is 5.13 Å². The number of nitrogens with one attached hydrogen (secondary N) is 1. The minimum atomic E-state index is -1.21. The number of β-lactam (4-membered cyclic amide) rings is 1. The molecule has 192 valence electrons. The summed E-state index contributed by atoms with van der Waals surface area (Å²) in [5.74, 6) is -2.23. The Morgan fingerprint density at radius 3 is 2.95 bits per heavy atom. The standard InChI is InChI=1S/C21H20N8O6S2/c1-34-10-35-25-13(16-24-21(22)37-26-16)17(30)23-14-18(31)29-15(20(32)33)11(9-36-19(14)29)8-28-7-6-27-5-3-2-4-12(27)28/h2-7,14,19H,8-10H2,1H3,(H3-,22,23,24,26,30,32,33)/p+1/b25-13-/t14-,19-/m1/s1. The quantitative estimate of drug-likeness (QED) is 0.0787. The van der Waals surface area contributed by atoms with Crippen LogP contribution in [0.5, 0.6) is 0 Å². The molecule has 3 aromatic heterocycles. The number of nitrogens with zero attached hydrogens (tertiary/aromatic N) is 6. The van der Waals surface area contributed by atoms with Gasteiger partial charge in [-0.2, -0.15) is 9.36 Å². The molecule has 3 aromatic rings. The average molecular weight is 546 g/mol. The molecule has 2 amide bonds. The number of methoxy groups -OCH3 is 1. The van der Waals surface area contributed by atoms with Crippen molar-refractivity contribution in [2.75, 3.05) is 25.4 Å². The lowest BCUT2D eigenvalue weighted by atomic mass is 10.0. The number of nitrogens with two attached hydrogens (primary N) is 1. The minimum Gasteiger partial charge on any atom is -0.477 e. The van der Waals surface area contributed by atoms with Crippen molar-refractivity contribution in [3.8, 4) is 0 Å². The van der Waals surface area contributed by atoms with Crippen molar-refractivity contribution in [1.29, 1.82) is 0 Å². The minimum absolute atomic E-state index is 0.0683. The molecule has 0 unspecified atom stereocenters. The Hall–Kier alpha value is -4.02. The third-order valence-electron chi connectivity index (χ3n) is 5.66. The van der Waals surface area contributed by atoms with E-state index in [0.717, 1.165) is 17.2 Å². The van der Waals surface area contributed by atoms with Crippen LogP contribution in [0, 0.1) is 0 Å². The van der Waals surface area contributed by atoms with Gasteiger partial charge < -0.3 is 25.7 Å². The van der Waals surface area contributed by atoms with E-state index in [0.29, 0.717) is 17.9 Å². The molecule has 0 aromatic carbocycles. The number of imidazole rings is 1. The highest BCUT2D eigenvalue weighted by Gasteiger charge is 2.54. The number of carboxylic acid groups (broad SMARTS) is 1. The van der Waals surface area contributed by atoms with Crippen molar-refractivity contribution in [2.45, 2.75) is 18.0 Å². The van der Waals surface area contributed by atoms with E-state index in [9.17, 15) is 19.5 Å². The second kappa shape index (κ2) is 10.2. The summed E-state index contributed by atoms with van der Waals surface area (Å²) in [6, 6.07) is 4.73.